The Hall–Kier alpha value is -1.71. The lowest BCUT2D eigenvalue weighted by Gasteiger charge is -2.34. The topological polar surface area (TPSA) is 86.0 Å². The van der Waals surface area contributed by atoms with Crippen LogP contribution in [0.2, 0.25) is 0 Å². The molecule has 1 atom stereocenters. The molecule has 0 radical (unpaired) electrons. The van der Waals surface area contributed by atoms with Crippen molar-refractivity contribution in [2.24, 2.45) is 12.0 Å². The summed E-state index contributed by atoms with van der Waals surface area (Å²) in [6.07, 6.45) is 5.82. The van der Waals surface area contributed by atoms with E-state index in [0.29, 0.717) is 12.6 Å². The molecule has 2 aliphatic rings. The monoisotopic (exact) mass is 408 g/mol. The zero-order chi connectivity index (χ0) is 20.5. The minimum atomic E-state index is 0.277. The molecule has 0 aromatic carbocycles. The van der Waals surface area contributed by atoms with Gasteiger partial charge in [0.05, 0.1) is 12.2 Å². The first-order valence-corrected chi connectivity index (χ1v) is 10.8. The number of guanidine groups is 1. The van der Waals surface area contributed by atoms with Gasteiger partial charge in [0.1, 0.15) is 12.4 Å². The average Bonchev–Trinajstić information content (AvgIpc) is 3.37. The lowest BCUT2D eigenvalue weighted by molar-refractivity contribution is 0.00974. The normalized spacial score (nSPS) is 21.1. The van der Waals surface area contributed by atoms with Crippen molar-refractivity contribution in [1.29, 1.82) is 0 Å². The minimum Gasteiger partial charge on any atom is -0.385 e. The van der Waals surface area contributed by atoms with E-state index >= 15 is 0 Å². The van der Waals surface area contributed by atoms with Crippen molar-refractivity contribution in [3.8, 4) is 0 Å². The molecule has 3 heterocycles. The molecule has 2 aliphatic heterocycles. The van der Waals surface area contributed by atoms with Gasteiger partial charge in [-0.1, -0.05) is 0 Å². The Morgan fingerprint density at radius 2 is 2.07 bits per heavy atom. The molecule has 9 heteroatoms. The molecule has 29 heavy (non-hydrogen) atoms. The van der Waals surface area contributed by atoms with Crippen LogP contribution in [0.3, 0.4) is 0 Å². The third-order valence-corrected chi connectivity index (χ3v) is 5.65. The van der Waals surface area contributed by atoms with Gasteiger partial charge in [0, 0.05) is 53.6 Å². The summed E-state index contributed by atoms with van der Waals surface area (Å²) in [5.41, 5.74) is 0. The van der Waals surface area contributed by atoms with Crippen LogP contribution in [0.15, 0.2) is 4.99 Å². The number of hydrogen-bond acceptors (Lipinski definition) is 6. The maximum absolute atomic E-state index is 5.99. The zero-order valence-corrected chi connectivity index (χ0v) is 18.1. The molecule has 2 fully saturated rings. The number of rotatable bonds is 9. The quantitative estimate of drug-likeness (QED) is 0.374. The van der Waals surface area contributed by atoms with E-state index in [1.54, 1.807) is 7.11 Å². The zero-order valence-electron chi connectivity index (χ0n) is 18.1. The van der Waals surface area contributed by atoms with Crippen molar-refractivity contribution in [3.05, 3.63) is 11.6 Å². The minimum absolute atomic E-state index is 0.277. The molecule has 0 saturated carbocycles. The number of nitrogens with zero attached hydrogens (tertiary/aromatic N) is 5. The largest absolute Gasteiger partial charge is 0.385 e. The lowest BCUT2D eigenvalue weighted by Crippen LogP contribution is -2.48. The van der Waals surface area contributed by atoms with Crippen molar-refractivity contribution in [1.82, 2.24) is 25.0 Å². The maximum atomic E-state index is 5.99. The van der Waals surface area contributed by atoms with Gasteiger partial charge in [-0.05, 0) is 39.0 Å². The van der Waals surface area contributed by atoms with Gasteiger partial charge in [0.2, 0.25) is 0 Å². The second-order valence-corrected chi connectivity index (χ2v) is 7.78. The van der Waals surface area contributed by atoms with Gasteiger partial charge in [0.25, 0.3) is 0 Å². The van der Waals surface area contributed by atoms with Crippen LogP contribution in [0.25, 0.3) is 0 Å². The number of aromatic nitrogens is 3. The summed E-state index contributed by atoms with van der Waals surface area (Å²) in [4.78, 5) is 7.19. The molecular formula is C20H36N6O3. The van der Waals surface area contributed by atoms with Crippen molar-refractivity contribution in [3.63, 3.8) is 0 Å². The lowest BCUT2D eigenvalue weighted by atomic mass is 10.1. The average molecular weight is 409 g/mol. The maximum Gasteiger partial charge on any atom is 0.194 e. The van der Waals surface area contributed by atoms with E-state index in [2.05, 4.69) is 20.4 Å². The van der Waals surface area contributed by atoms with E-state index in [1.807, 2.05) is 18.5 Å². The Morgan fingerprint density at radius 1 is 1.24 bits per heavy atom. The predicted octanol–water partition coefficient (Wildman–Crippen LogP) is 1.27. The molecular weight excluding hydrogens is 372 g/mol. The summed E-state index contributed by atoms with van der Waals surface area (Å²) in [7, 11) is 3.71. The molecule has 3 rings (SSSR count). The van der Waals surface area contributed by atoms with E-state index in [0.717, 1.165) is 89.2 Å². The number of aryl methyl sites for hydroxylation is 1. The molecule has 0 bridgehead atoms. The number of likely N-dealkylation sites (tertiary alicyclic amines) is 1. The predicted molar refractivity (Wildman–Crippen MR) is 111 cm³/mol. The number of nitrogens with one attached hydrogen (secondary N) is 1. The number of ether oxygens (including phenoxy) is 3. The van der Waals surface area contributed by atoms with Gasteiger partial charge in [-0.25, -0.2) is 4.99 Å². The molecule has 1 unspecified atom stereocenters. The first-order valence-electron chi connectivity index (χ1n) is 10.8. The Balaban J connectivity index is 1.54. The third kappa shape index (κ3) is 6.65. The van der Waals surface area contributed by atoms with Crippen molar-refractivity contribution in [2.75, 3.05) is 46.6 Å². The van der Waals surface area contributed by atoms with Crippen molar-refractivity contribution < 1.29 is 14.2 Å². The Labute approximate surface area is 173 Å². The summed E-state index contributed by atoms with van der Waals surface area (Å²) in [5.74, 6) is 2.70. The summed E-state index contributed by atoms with van der Waals surface area (Å²) >= 11 is 0. The van der Waals surface area contributed by atoms with Crippen LogP contribution in [0, 0.1) is 6.92 Å². The summed E-state index contributed by atoms with van der Waals surface area (Å²) in [6, 6.07) is 0. The molecule has 164 valence electrons. The SMILES string of the molecule is COCCCOC1CCN(C(=NCc2nnc(C)n2C)NCC2CCCO2)CC1. The molecule has 1 aromatic rings. The Kier molecular flexibility index (Phi) is 8.69. The summed E-state index contributed by atoms with van der Waals surface area (Å²) < 4.78 is 18.8. The molecule has 2 saturated heterocycles. The number of hydrogen-bond donors (Lipinski definition) is 1. The number of piperidine rings is 1. The van der Waals surface area contributed by atoms with Crippen LogP contribution in [0.4, 0.5) is 0 Å². The van der Waals surface area contributed by atoms with Gasteiger partial charge in [-0.3, -0.25) is 0 Å². The highest BCUT2D eigenvalue weighted by atomic mass is 16.5. The first-order chi connectivity index (χ1) is 14.2. The van der Waals surface area contributed by atoms with E-state index in [4.69, 9.17) is 19.2 Å². The molecule has 0 amide bonds. The fourth-order valence-electron chi connectivity index (χ4n) is 3.70. The highest BCUT2D eigenvalue weighted by Crippen LogP contribution is 2.15. The third-order valence-electron chi connectivity index (χ3n) is 5.65. The van der Waals surface area contributed by atoms with E-state index in [9.17, 15) is 0 Å². The van der Waals surface area contributed by atoms with Gasteiger partial charge < -0.3 is 29.0 Å². The second-order valence-electron chi connectivity index (χ2n) is 7.78. The number of methoxy groups -OCH3 is 1. The molecule has 9 nitrogen and oxygen atoms in total. The van der Waals surface area contributed by atoms with Crippen LogP contribution >= 0.6 is 0 Å². The van der Waals surface area contributed by atoms with E-state index in [-0.39, 0.29) is 6.10 Å². The van der Waals surface area contributed by atoms with Gasteiger partial charge in [-0.2, -0.15) is 0 Å². The van der Waals surface area contributed by atoms with Crippen LogP contribution in [0.5, 0.6) is 0 Å². The van der Waals surface area contributed by atoms with Crippen LogP contribution in [-0.2, 0) is 27.8 Å². The van der Waals surface area contributed by atoms with E-state index in [1.165, 1.54) is 0 Å². The number of aliphatic imine (C=N–C) groups is 1. The highest BCUT2D eigenvalue weighted by Gasteiger charge is 2.23. The fraction of sp³-hybridized carbons (Fsp3) is 0.850. The Morgan fingerprint density at radius 3 is 2.72 bits per heavy atom. The highest BCUT2D eigenvalue weighted by molar-refractivity contribution is 5.80. The molecule has 0 spiro atoms. The second kappa shape index (κ2) is 11.5. The van der Waals surface area contributed by atoms with Crippen LogP contribution in [-0.4, -0.2) is 84.4 Å². The standard InChI is InChI=1S/C20H36N6O3/c1-16-23-24-19(25(16)2)15-22-20(21-14-18-6-4-12-29-18)26-9-7-17(8-10-26)28-13-5-11-27-3/h17-18H,4-15H2,1-3H3,(H,21,22). The Bertz CT molecular complexity index is 636. The molecule has 0 aliphatic carbocycles. The first kappa shape index (κ1) is 22.0. The van der Waals surface area contributed by atoms with Crippen molar-refractivity contribution >= 4 is 5.96 Å². The van der Waals surface area contributed by atoms with Crippen LogP contribution < -0.4 is 5.32 Å². The fourth-order valence-corrected chi connectivity index (χ4v) is 3.70. The smallest absolute Gasteiger partial charge is 0.194 e. The van der Waals surface area contributed by atoms with Crippen LogP contribution in [0.1, 0.15) is 43.8 Å². The van der Waals surface area contributed by atoms with Gasteiger partial charge in [0.15, 0.2) is 11.8 Å². The van der Waals surface area contributed by atoms with Crippen molar-refractivity contribution in [2.45, 2.75) is 57.8 Å². The van der Waals surface area contributed by atoms with Gasteiger partial charge in [-0.15, -0.1) is 10.2 Å². The summed E-state index contributed by atoms with van der Waals surface area (Å²) in [5, 5.41) is 11.9. The molecule has 1 aromatic heterocycles. The van der Waals surface area contributed by atoms with E-state index < -0.39 is 0 Å². The summed E-state index contributed by atoms with van der Waals surface area (Å²) in [6.45, 7) is 7.51. The molecule has 1 N–H and O–H groups in total. The van der Waals surface area contributed by atoms with Gasteiger partial charge >= 0.3 is 0 Å².